The number of H-pyrrole nitrogens is 1. The van der Waals surface area contributed by atoms with Crippen LogP contribution in [0.5, 0.6) is 0 Å². The molecule has 1 heterocycles. The maximum atomic E-state index is 12.2. The summed E-state index contributed by atoms with van der Waals surface area (Å²) in [7, 11) is -3.65. The number of nitrogens with two attached hydrogens (primary N) is 1. The van der Waals surface area contributed by atoms with Gasteiger partial charge in [0.25, 0.3) is 10.0 Å². The molecule has 1 aliphatic carbocycles. The summed E-state index contributed by atoms with van der Waals surface area (Å²) in [4.78, 5) is 13.3. The summed E-state index contributed by atoms with van der Waals surface area (Å²) in [6.07, 6.45) is 3.59. The van der Waals surface area contributed by atoms with Crippen LogP contribution in [0.3, 0.4) is 0 Å². The van der Waals surface area contributed by atoms with Gasteiger partial charge in [0.2, 0.25) is 0 Å². The van der Waals surface area contributed by atoms with Crippen LogP contribution < -0.4 is 15.3 Å². The molecule has 6 nitrogen and oxygen atoms in total. The van der Waals surface area contributed by atoms with Crippen LogP contribution in [-0.4, -0.2) is 25.5 Å². The van der Waals surface area contributed by atoms with Crippen molar-refractivity contribution in [2.75, 3.05) is 0 Å². The second kappa shape index (κ2) is 5.12. The summed E-state index contributed by atoms with van der Waals surface area (Å²) in [5.74, 6) is 0. The molecule has 1 aliphatic rings. The molecule has 102 valence electrons. The molecule has 0 bridgehead atoms. The van der Waals surface area contributed by atoms with Gasteiger partial charge in [0.05, 0.1) is 0 Å². The van der Waals surface area contributed by atoms with Crippen molar-refractivity contribution in [3.8, 4) is 0 Å². The summed E-state index contributed by atoms with van der Waals surface area (Å²) < 4.78 is 27.0. The Morgan fingerprint density at radius 1 is 1.39 bits per heavy atom. The van der Waals surface area contributed by atoms with Gasteiger partial charge in [0, 0.05) is 17.8 Å². The smallest absolute Gasteiger partial charge is 0.305 e. The molecule has 1 aromatic rings. The van der Waals surface area contributed by atoms with Crippen molar-refractivity contribution < 1.29 is 8.42 Å². The molecule has 0 amide bonds. The van der Waals surface area contributed by atoms with Gasteiger partial charge < -0.3 is 10.7 Å². The van der Waals surface area contributed by atoms with Crippen LogP contribution >= 0.6 is 11.3 Å². The molecule has 2 rings (SSSR count). The minimum Gasteiger partial charge on any atom is -0.326 e. The molecule has 0 saturated heterocycles. The van der Waals surface area contributed by atoms with Gasteiger partial charge in [0.15, 0.2) is 4.21 Å². The van der Waals surface area contributed by atoms with Gasteiger partial charge >= 0.3 is 4.87 Å². The van der Waals surface area contributed by atoms with E-state index in [1.54, 1.807) is 6.92 Å². The molecular weight excluding hydrogens is 274 g/mol. The van der Waals surface area contributed by atoms with Crippen LogP contribution in [-0.2, 0) is 10.0 Å². The maximum absolute atomic E-state index is 12.2. The Kier molecular flexibility index (Phi) is 3.90. The molecule has 0 spiro atoms. The lowest BCUT2D eigenvalue weighted by Gasteiger charge is -2.28. The standard InChI is InChI=1S/C10H17N3O3S2/c1-6-9(17-10(14)12-6)18(15,16)13-8-5-3-2-4-7(8)11/h7-8,13H,2-5,11H2,1H3,(H,12,14)/t7-,8-/m1/s1. The fraction of sp³-hybridized carbons (Fsp3) is 0.700. The van der Waals surface area contributed by atoms with Crippen molar-refractivity contribution in [1.29, 1.82) is 0 Å². The maximum Gasteiger partial charge on any atom is 0.305 e. The number of hydrogen-bond donors (Lipinski definition) is 3. The lowest BCUT2D eigenvalue weighted by Crippen LogP contribution is -2.49. The van der Waals surface area contributed by atoms with Gasteiger partial charge in [-0.2, -0.15) is 0 Å². The predicted octanol–water partition coefficient (Wildman–Crippen LogP) is 0.293. The van der Waals surface area contributed by atoms with E-state index in [0.717, 1.165) is 25.7 Å². The zero-order chi connectivity index (χ0) is 13.3. The minimum absolute atomic E-state index is 0.0604. The highest BCUT2D eigenvalue weighted by atomic mass is 32.2. The third kappa shape index (κ3) is 2.82. The number of thiazole rings is 1. The van der Waals surface area contributed by atoms with Gasteiger partial charge in [-0.15, -0.1) is 0 Å². The van der Waals surface area contributed by atoms with Crippen LogP contribution in [0.25, 0.3) is 0 Å². The summed E-state index contributed by atoms with van der Waals surface area (Å²) in [5, 5.41) is 0. The third-order valence-corrected chi connectivity index (χ3v) is 6.25. The van der Waals surface area contributed by atoms with E-state index in [9.17, 15) is 13.2 Å². The van der Waals surface area contributed by atoms with Crippen molar-refractivity contribution in [3.63, 3.8) is 0 Å². The zero-order valence-corrected chi connectivity index (χ0v) is 11.7. The van der Waals surface area contributed by atoms with Crippen LogP contribution in [0, 0.1) is 6.92 Å². The van der Waals surface area contributed by atoms with Crippen molar-refractivity contribution in [2.24, 2.45) is 5.73 Å². The number of aryl methyl sites for hydroxylation is 1. The Balaban J connectivity index is 2.21. The summed E-state index contributed by atoms with van der Waals surface area (Å²) in [5.41, 5.74) is 6.29. The summed E-state index contributed by atoms with van der Waals surface area (Å²) >= 11 is 0.709. The molecular formula is C10H17N3O3S2. The average Bonchev–Trinajstić information content (AvgIpc) is 2.62. The van der Waals surface area contributed by atoms with Crippen molar-refractivity contribution in [3.05, 3.63) is 15.4 Å². The summed E-state index contributed by atoms with van der Waals surface area (Å²) in [6.45, 7) is 1.58. The number of hydrogen-bond acceptors (Lipinski definition) is 5. The van der Waals surface area contributed by atoms with Crippen molar-refractivity contribution >= 4 is 21.4 Å². The average molecular weight is 291 g/mol. The molecule has 4 N–H and O–H groups in total. The number of nitrogens with one attached hydrogen (secondary N) is 2. The molecule has 0 aromatic carbocycles. The zero-order valence-electron chi connectivity index (χ0n) is 10.1. The molecule has 0 radical (unpaired) electrons. The van der Waals surface area contributed by atoms with E-state index in [2.05, 4.69) is 9.71 Å². The highest BCUT2D eigenvalue weighted by Gasteiger charge is 2.29. The van der Waals surface area contributed by atoms with Crippen LogP contribution in [0.15, 0.2) is 9.00 Å². The largest absolute Gasteiger partial charge is 0.326 e. The molecule has 1 fully saturated rings. The lowest BCUT2D eigenvalue weighted by molar-refractivity contribution is 0.361. The Hall–Kier alpha value is -0.700. The lowest BCUT2D eigenvalue weighted by atomic mass is 9.92. The second-order valence-corrected chi connectivity index (χ2v) is 7.50. The Morgan fingerprint density at radius 3 is 2.61 bits per heavy atom. The molecule has 8 heteroatoms. The normalized spacial score (nSPS) is 25.2. The molecule has 2 atom stereocenters. The number of aromatic nitrogens is 1. The molecule has 1 aromatic heterocycles. The first-order valence-electron chi connectivity index (χ1n) is 5.88. The fourth-order valence-electron chi connectivity index (χ4n) is 2.21. The molecule has 0 unspecified atom stereocenters. The van der Waals surface area contributed by atoms with Gasteiger partial charge in [-0.25, -0.2) is 13.1 Å². The topological polar surface area (TPSA) is 105 Å². The van der Waals surface area contributed by atoms with E-state index in [0.29, 0.717) is 17.0 Å². The first-order chi connectivity index (χ1) is 8.40. The highest BCUT2D eigenvalue weighted by Crippen LogP contribution is 2.21. The minimum atomic E-state index is -3.65. The summed E-state index contributed by atoms with van der Waals surface area (Å²) in [6, 6.07) is -0.384. The van der Waals surface area contributed by atoms with Crippen molar-refractivity contribution in [2.45, 2.75) is 48.9 Å². The second-order valence-electron chi connectivity index (χ2n) is 4.60. The Labute approximate surface area is 110 Å². The van der Waals surface area contributed by atoms with E-state index in [1.807, 2.05) is 0 Å². The predicted molar refractivity (Wildman–Crippen MR) is 70.2 cm³/mol. The molecule has 1 saturated carbocycles. The SMILES string of the molecule is Cc1[nH]c(=O)sc1S(=O)(=O)N[C@@H]1CCCC[C@H]1N. The van der Waals surface area contributed by atoms with Crippen LogP contribution in [0.1, 0.15) is 31.4 Å². The van der Waals surface area contributed by atoms with E-state index in [-0.39, 0.29) is 21.2 Å². The van der Waals surface area contributed by atoms with Gasteiger partial charge in [-0.3, -0.25) is 4.79 Å². The number of sulfonamides is 1. The van der Waals surface area contributed by atoms with Crippen LogP contribution in [0.4, 0.5) is 0 Å². The van der Waals surface area contributed by atoms with E-state index in [1.165, 1.54) is 0 Å². The Bertz CT molecular complexity index is 575. The Morgan fingerprint density at radius 2 is 2.06 bits per heavy atom. The monoisotopic (exact) mass is 291 g/mol. The van der Waals surface area contributed by atoms with E-state index in [4.69, 9.17) is 5.73 Å². The quantitative estimate of drug-likeness (QED) is 0.744. The third-order valence-electron chi connectivity index (χ3n) is 3.15. The fourth-order valence-corrected chi connectivity index (χ4v) is 4.84. The van der Waals surface area contributed by atoms with E-state index < -0.39 is 10.0 Å². The van der Waals surface area contributed by atoms with E-state index >= 15 is 0 Å². The number of aromatic amines is 1. The van der Waals surface area contributed by atoms with Gasteiger partial charge in [-0.1, -0.05) is 24.2 Å². The van der Waals surface area contributed by atoms with Gasteiger partial charge in [0.1, 0.15) is 0 Å². The first-order valence-corrected chi connectivity index (χ1v) is 8.18. The molecule has 0 aliphatic heterocycles. The number of rotatable bonds is 3. The molecule has 18 heavy (non-hydrogen) atoms. The first kappa shape index (κ1) is 13.7. The van der Waals surface area contributed by atoms with Crippen molar-refractivity contribution in [1.82, 2.24) is 9.71 Å². The highest BCUT2D eigenvalue weighted by molar-refractivity contribution is 7.91. The van der Waals surface area contributed by atoms with Crippen LogP contribution in [0.2, 0.25) is 0 Å². The van der Waals surface area contributed by atoms with Gasteiger partial charge in [-0.05, 0) is 19.8 Å².